The molecule has 0 spiro atoms. The van der Waals surface area contributed by atoms with Gasteiger partial charge in [0.2, 0.25) is 0 Å². The monoisotopic (exact) mass is 229 g/mol. The highest BCUT2D eigenvalue weighted by Crippen LogP contribution is 2.28. The highest BCUT2D eigenvalue weighted by Gasteiger charge is 2.29. The van der Waals surface area contributed by atoms with Gasteiger partial charge in [0.05, 0.1) is 0 Å². The third-order valence-corrected chi connectivity index (χ3v) is 3.70. The Bertz CT molecular complexity index is 165. The van der Waals surface area contributed by atoms with Gasteiger partial charge < -0.3 is 10.0 Å². The summed E-state index contributed by atoms with van der Waals surface area (Å²) in [4.78, 5) is 2.51. The van der Waals surface area contributed by atoms with Crippen molar-refractivity contribution in [2.45, 2.75) is 60.4 Å². The first kappa shape index (κ1) is 15.9. The summed E-state index contributed by atoms with van der Waals surface area (Å²) in [5, 5.41) is 9.61. The molecular formula is C14H31NO. The maximum Gasteiger partial charge on any atom is 0.0499 e. The molecule has 0 rings (SSSR count). The second kappa shape index (κ2) is 7.29. The Morgan fingerprint density at radius 2 is 1.56 bits per heavy atom. The molecule has 0 fully saturated rings. The van der Waals surface area contributed by atoms with Crippen molar-refractivity contribution in [2.24, 2.45) is 11.3 Å². The zero-order valence-electron chi connectivity index (χ0n) is 12.1. The highest BCUT2D eigenvalue weighted by atomic mass is 16.3. The molecule has 2 nitrogen and oxygen atoms in total. The summed E-state index contributed by atoms with van der Waals surface area (Å²) >= 11 is 0. The van der Waals surface area contributed by atoms with Crippen LogP contribution in [0.25, 0.3) is 0 Å². The smallest absolute Gasteiger partial charge is 0.0499 e. The lowest BCUT2D eigenvalue weighted by Crippen LogP contribution is -2.44. The third kappa shape index (κ3) is 4.84. The van der Waals surface area contributed by atoms with E-state index in [-0.39, 0.29) is 5.41 Å². The number of hydrogen-bond donors (Lipinski definition) is 1. The van der Waals surface area contributed by atoms with Crippen molar-refractivity contribution < 1.29 is 5.11 Å². The predicted molar refractivity (Wildman–Crippen MR) is 71.6 cm³/mol. The lowest BCUT2D eigenvalue weighted by atomic mass is 9.82. The van der Waals surface area contributed by atoms with Gasteiger partial charge >= 0.3 is 0 Å². The summed E-state index contributed by atoms with van der Waals surface area (Å²) in [6.45, 7) is 15.8. The average Bonchev–Trinajstić information content (AvgIpc) is 2.24. The molecule has 0 heterocycles. The minimum atomic E-state index is 0.0964. The summed E-state index contributed by atoms with van der Waals surface area (Å²) in [5.74, 6) is 0.688. The molecule has 0 amide bonds. The molecule has 2 heteroatoms. The largest absolute Gasteiger partial charge is 0.396 e. The molecule has 0 bridgehead atoms. The van der Waals surface area contributed by atoms with E-state index in [2.05, 4.69) is 46.4 Å². The predicted octanol–water partition coefficient (Wildman–Crippen LogP) is 3.15. The standard InChI is InChI=1S/C14H31NO/c1-7-14(8-2,11-16)10-15(13(5)6)9-12(3)4/h12-13,16H,7-11H2,1-6H3. The minimum Gasteiger partial charge on any atom is -0.396 e. The Kier molecular flexibility index (Phi) is 7.25. The van der Waals surface area contributed by atoms with Crippen LogP contribution < -0.4 is 0 Å². The van der Waals surface area contributed by atoms with Gasteiger partial charge in [-0.05, 0) is 32.6 Å². The van der Waals surface area contributed by atoms with Gasteiger partial charge in [0, 0.05) is 31.2 Å². The first-order valence-electron chi connectivity index (χ1n) is 6.75. The van der Waals surface area contributed by atoms with Gasteiger partial charge in [0.1, 0.15) is 0 Å². The number of hydrogen-bond acceptors (Lipinski definition) is 2. The summed E-state index contributed by atoms with van der Waals surface area (Å²) in [5.41, 5.74) is 0.0964. The van der Waals surface area contributed by atoms with E-state index in [0.29, 0.717) is 18.6 Å². The molecule has 0 aliphatic heterocycles. The van der Waals surface area contributed by atoms with Gasteiger partial charge in [-0.2, -0.15) is 0 Å². The van der Waals surface area contributed by atoms with Gasteiger partial charge in [-0.15, -0.1) is 0 Å². The van der Waals surface area contributed by atoms with E-state index in [9.17, 15) is 5.11 Å². The number of aliphatic hydroxyl groups excluding tert-OH is 1. The van der Waals surface area contributed by atoms with Crippen molar-refractivity contribution >= 4 is 0 Å². The van der Waals surface area contributed by atoms with Crippen LogP contribution in [0, 0.1) is 11.3 Å². The second-order valence-corrected chi connectivity index (χ2v) is 5.78. The molecule has 0 aliphatic carbocycles. The van der Waals surface area contributed by atoms with E-state index >= 15 is 0 Å². The van der Waals surface area contributed by atoms with Crippen LogP contribution in [0.3, 0.4) is 0 Å². The Labute approximate surface area is 102 Å². The number of aliphatic hydroxyl groups is 1. The van der Waals surface area contributed by atoms with Gasteiger partial charge in [-0.25, -0.2) is 0 Å². The molecule has 98 valence electrons. The summed E-state index contributed by atoms with van der Waals surface area (Å²) in [6, 6.07) is 0.562. The molecule has 0 aliphatic rings. The maximum atomic E-state index is 9.61. The van der Waals surface area contributed by atoms with Gasteiger partial charge in [0.25, 0.3) is 0 Å². The molecule has 16 heavy (non-hydrogen) atoms. The van der Waals surface area contributed by atoms with Gasteiger partial charge in [-0.3, -0.25) is 0 Å². The van der Waals surface area contributed by atoms with Crippen molar-refractivity contribution in [3.05, 3.63) is 0 Å². The molecule has 0 radical (unpaired) electrons. The normalized spacial score (nSPS) is 13.1. The first-order chi connectivity index (χ1) is 7.40. The molecule has 0 atom stereocenters. The van der Waals surface area contributed by atoms with E-state index in [0.717, 1.165) is 25.9 Å². The molecule has 0 aromatic heterocycles. The van der Waals surface area contributed by atoms with Crippen LogP contribution in [-0.4, -0.2) is 35.7 Å². The van der Waals surface area contributed by atoms with Crippen molar-refractivity contribution in [1.82, 2.24) is 4.90 Å². The number of rotatable bonds is 8. The van der Waals surface area contributed by atoms with E-state index in [1.54, 1.807) is 0 Å². The van der Waals surface area contributed by atoms with Crippen molar-refractivity contribution in [2.75, 3.05) is 19.7 Å². The molecule has 0 saturated carbocycles. The number of nitrogens with zero attached hydrogens (tertiary/aromatic N) is 1. The molecule has 0 saturated heterocycles. The quantitative estimate of drug-likeness (QED) is 0.691. The molecular weight excluding hydrogens is 198 g/mol. The minimum absolute atomic E-state index is 0.0964. The maximum absolute atomic E-state index is 9.61. The Hall–Kier alpha value is -0.0800. The van der Waals surface area contributed by atoms with E-state index in [1.807, 2.05) is 0 Å². The Balaban J connectivity index is 4.57. The van der Waals surface area contributed by atoms with Crippen LogP contribution >= 0.6 is 0 Å². The van der Waals surface area contributed by atoms with Crippen LogP contribution in [0.2, 0.25) is 0 Å². The van der Waals surface area contributed by atoms with Crippen molar-refractivity contribution in [3.8, 4) is 0 Å². The Morgan fingerprint density at radius 1 is 1.06 bits per heavy atom. The fraction of sp³-hybridized carbons (Fsp3) is 1.00. The fourth-order valence-corrected chi connectivity index (χ4v) is 2.10. The first-order valence-corrected chi connectivity index (χ1v) is 6.75. The van der Waals surface area contributed by atoms with Gasteiger partial charge in [0.15, 0.2) is 0 Å². The zero-order valence-corrected chi connectivity index (χ0v) is 12.1. The van der Waals surface area contributed by atoms with Crippen LogP contribution in [-0.2, 0) is 0 Å². The summed E-state index contributed by atoms with van der Waals surface area (Å²) < 4.78 is 0. The molecule has 0 aromatic carbocycles. The van der Waals surface area contributed by atoms with Crippen LogP contribution in [0.1, 0.15) is 54.4 Å². The lowest BCUT2D eigenvalue weighted by molar-refractivity contribution is 0.0477. The Morgan fingerprint density at radius 3 is 1.81 bits per heavy atom. The second-order valence-electron chi connectivity index (χ2n) is 5.78. The van der Waals surface area contributed by atoms with E-state index < -0.39 is 0 Å². The summed E-state index contributed by atoms with van der Waals surface area (Å²) in [7, 11) is 0. The highest BCUT2D eigenvalue weighted by molar-refractivity contribution is 4.81. The SMILES string of the molecule is CCC(CC)(CO)CN(CC(C)C)C(C)C. The van der Waals surface area contributed by atoms with E-state index in [4.69, 9.17) is 0 Å². The van der Waals surface area contributed by atoms with E-state index in [1.165, 1.54) is 0 Å². The lowest BCUT2D eigenvalue weighted by Gasteiger charge is -2.38. The molecule has 0 aromatic rings. The third-order valence-electron chi connectivity index (χ3n) is 3.70. The van der Waals surface area contributed by atoms with Crippen LogP contribution in [0.4, 0.5) is 0 Å². The topological polar surface area (TPSA) is 23.5 Å². The molecule has 1 N–H and O–H groups in total. The van der Waals surface area contributed by atoms with Crippen molar-refractivity contribution in [1.29, 1.82) is 0 Å². The van der Waals surface area contributed by atoms with Crippen LogP contribution in [0.15, 0.2) is 0 Å². The average molecular weight is 229 g/mol. The fourth-order valence-electron chi connectivity index (χ4n) is 2.10. The summed E-state index contributed by atoms with van der Waals surface area (Å²) in [6.07, 6.45) is 2.11. The van der Waals surface area contributed by atoms with Gasteiger partial charge in [-0.1, -0.05) is 27.7 Å². The van der Waals surface area contributed by atoms with Crippen molar-refractivity contribution in [3.63, 3.8) is 0 Å². The van der Waals surface area contributed by atoms with Crippen LogP contribution in [0.5, 0.6) is 0 Å². The zero-order chi connectivity index (χ0) is 12.8. The molecule has 0 unspecified atom stereocenters.